The standard InChI is InChI=1S/C18H13NO2/c19-11-15-7-3-4-8-16(15)12-21-18-10-14-6-2-1-5-13(14)9-17(18)20/h1-10,20H,12H2. The molecule has 0 aliphatic heterocycles. The maximum atomic E-state index is 10.0. The van der Waals surface area contributed by atoms with Gasteiger partial charge >= 0.3 is 0 Å². The van der Waals surface area contributed by atoms with Crippen LogP contribution in [0, 0.1) is 11.3 Å². The molecule has 0 unspecified atom stereocenters. The fraction of sp³-hybridized carbons (Fsp3) is 0.0556. The van der Waals surface area contributed by atoms with Crippen molar-refractivity contribution in [3.8, 4) is 17.6 Å². The van der Waals surface area contributed by atoms with E-state index in [9.17, 15) is 5.11 Å². The minimum atomic E-state index is 0.100. The van der Waals surface area contributed by atoms with E-state index < -0.39 is 0 Å². The van der Waals surface area contributed by atoms with E-state index in [-0.39, 0.29) is 12.4 Å². The molecular weight excluding hydrogens is 262 g/mol. The molecular formula is C18H13NO2. The normalized spacial score (nSPS) is 10.2. The third kappa shape index (κ3) is 2.65. The summed E-state index contributed by atoms with van der Waals surface area (Å²) in [5.41, 5.74) is 1.38. The molecule has 0 amide bonds. The van der Waals surface area contributed by atoms with Crippen molar-refractivity contribution >= 4 is 10.8 Å². The Morgan fingerprint density at radius 3 is 2.38 bits per heavy atom. The second-order valence-corrected chi connectivity index (χ2v) is 4.72. The fourth-order valence-electron chi connectivity index (χ4n) is 2.23. The third-order valence-corrected chi connectivity index (χ3v) is 3.35. The maximum Gasteiger partial charge on any atom is 0.162 e. The molecule has 3 rings (SSSR count). The molecule has 0 spiro atoms. The SMILES string of the molecule is N#Cc1ccccc1COc1cc2ccccc2cc1O. The van der Waals surface area contributed by atoms with Crippen LogP contribution in [0.1, 0.15) is 11.1 Å². The number of nitrogens with zero attached hydrogens (tertiary/aromatic N) is 1. The predicted molar refractivity (Wildman–Crippen MR) is 81.1 cm³/mol. The van der Waals surface area contributed by atoms with Crippen LogP contribution in [-0.4, -0.2) is 5.11 Å². The molecule has 3 nitrogen and oxygen atoms in total. The van der Waals surface area contributed by atoms with Crippen molar-refractivity contribution in [3.63, 3.8) is 0 Å². The highest BCUT2D eigenvalue weighted by atomic mass is 16.5. The van der Waals surface area contributed by atoms with Gasteiger partial charge in [-0.05, 0) is 29.0 Å². The molecule has 0 fully saturated rings. The zero-order chi connectivity index (χ0) is 14.7. The minimum Gasteiger partial charge on any atom is -0.504 e. The first-order valence-corrected chi connectivity index (χ1v) is 6.60. The van der Waals surface area contributed by atoms with Crippen molar-refractivity contribution in [1.29, 1.82) is 5.26 Å². The van der Waals surface area contributed by atoms with Gasteiger partial charge < -0.3 is 9.84 Å². The van der Waals surface area contributed by atoms with E-state index >= 15 is 0 Å². The minimum absolute atomic E-state index is 0.100. The van der Waals surface area contributed by atoms with Crippen LogP contribution in [0.3, 0.4) is 0 Å². The monoisotopic (exact) mass is 275 g/mol. The van der Waals surface area contributed by atoms with Gasteiger partial charge in [0.1, 0.15) is 6.61 Å². The molecule has 102 valence electrons. The molecule has 0 saturated carbocycles. The number of rotatable bonds is 3. The zero-order valence-corrected chi connectivity index (χ0v) is 11.3. The molecule has 0 bridgehead atoms. The summed E-state index contributed by atoms with van der Waals surface area (Å²) in [7, 11) is 0. The molecule has 3 aromatic carbocycles. The molecule has 0 atom stereocenters. The van der Waals surface area contributed by atoms with E-state index in [4.69, 9.17) is 10.00 Å². The first-order chi connectivity index (χ1) is 10.3. The highest BCUT2D eigenvalue weighted by Gasteiger charge is 2.07. The van der Waals surface area contributed by atoms with Crippen molar-refractivity contribution in [2.45, 2.75) is 6.61 Å². The number of hydrogen-bond donors (Lipinski definition) is 1. The van der Waals surface area contributed by atoms with E-state index in [1.165, 1.54) is 0 Å². The molecule has 3 heteroatoms. The Morgan fingerprint density at radius 2 is 1.62 bits per heavy atom. The van der Waals surface area contributed by atoms with Gasteiger partial charge in [-0.15, -0.1) is 0 Å². The number of phenolic OH excluding ortho intramolecular Hbond substituents is 1. The molecule has 0 saturated heterocycles. The largest absolute Gasteiger partial charge is 0.504 e. The van der Waals surface area contributed by atoms with Crippen LogP contribution >= 0.6 is 0 Å². The molecule has 1 N–H and O–H groups in total. The summed E-state index contributed by atoms with van der Waals surface area (Å²) in [5, 5.41) is 21.0. The van der Waals surface area contributed by atoms with Crippen molar-refractivity contribution < 1.29 is 9.84 Å². The van der Waals surface area contributed by atoms with Gasteiger partial charge in [0.05, 0.1) is 11.6 Å². The summed E-state index contributed by atoms with van der Waals surface area (Å²) < 4.78 is 5.67. The van der Waals surface area contributed by atoms with Crippen molar-refractivity contribution in [1.82, 2.24) is 0 Å². The number of aromatic hydroxyl groups is 1. The second-order valence-electron chi connectivity index (χ2n) is 4.72. The van der Waals surface area contributed by atoms with Gasteiger partial charge in [0, 0.05) is 5.56 Å². The van der Waals surface area contributed by atoms with Gasteiger partial charge in [-0.1, -0.05) is 42.5 Å². The summed E-state index contributed by atoms with van der Waals surface area (Å²) >= 11 is 0. The van der Waals surface area contributed by atoms with E-state index in [0.717, 1.165) is 16.3 Å². The highest BCUT2D eigenvalue weighted by Crippen LogP contribution is 2.32. The van der Waals surface area contributed by atoms with Gasteiger partial charge in [-0.3, -0.25) is 0 Å². The molecule has 21 heavy (non-hydrogen) atoms. The van der Waals surface area contributed by atoms with E-state index in [1.54, 1.807) is 18.2 Å². The fourth-order valence-corrected chi connectivity index (χ4v) is 2.23. The summed E-state index contributed by atoms with van der Waals surface area (Å²) in [5.74, 6) is 0.518. The van der Waals surface area contributed by atoms with Crippen LogP contribution in [0.4, 0.5) is 0 Å². The van der Waals surface area contributed by atoms with Crippen LogP contribution in [0.2, 0.25) is 0 Å². The first-order valence-electron chi connectivity index (χ1n) is 6.60. The lowest BCUT2D eigenvalue weighted by atomic mass is 10.1. The Morgan fingerprint density at radius 1 is 0.952 bits per heavy atom. The van der Waals surface area contributed by atoms with Gasteiger partial charge in [0.2, 0.25) is 0 Å². The molecule has 0 aromatic heterocycles. The number of phenols is 1. The zero-order valence-electron chi connectivity index (χ0n) is 11.3. The second kappa shape index (κ2) is 5.56. The third-order valence-electron chi connectivity index (χ3n) is 3.35. The summed E-state index contributed by atoms with van der Waals surface area (Å²) in [4.78, 5) is 0. The number of hydrogen-bond acceptors (Lipinski definition) is 3. The average Bonchev–Trinajstić information content (AvgIpc) is 2.53. The van der Waals surface area contributed by atoms with Crippen LogP contribution < -0.4 is 4.74 Å². The first kappa shape index (κ1) is 13.0. The number of fused-ring (bicyclic) bond motifs is 1. The Balaban J connectivity index is 1.88. The molecule has 0 radical (unpaired) electrons. The smallest absolute Gasteiger partial charge is 0.162 e. The Hall–Kier alpha value is -2.99. The lowest BCUT2D eigenvalue weighted by molar-refractivity contribution is 0.289. The summed E-state index contributed by atoms with van der Waals surface area (Å²) in [6.45, 7) is 0.246. The number of benzene rings is 3. The van der Waals surface area contributed by atoms with Gasteiger partial charge in [-0.2, -0.15) is 5.26 Å². The Bertz CT molecular complexity index is 834. The lowest BCUT2D eigenvalue weighted by Crippen LogP contribution is -1.98. The van der Waals surface area contributed by atoms with Crippen LogP contribution in [0.25, 0.3) is 10.8 Å². The van der Waals surface area contributed by atoms with Gasteiger partial charge in [0.25, 0.3) is 0 Å². The topological polar surface area (TPSA) is 53.2 Å². The summed E-state index contributed by atoms with van der Waals surface area (Å²) in [6, 6.07) is 20.6. The van der Waals surface area contributed by atoms with E-state index in [0.29, 0.717) is 11.3 Å². The quantitative estimate of drug-likeness (QED) is 0.786. The maximum absolute atomic E-state index is 10.0. The summed E-state index contributed by atoms with van der Waals surface area (Å²) in [6.07, 6.45) is 0. The molecule has 3 aromatic rings. The Labute approximate surface area is 122 Å². The average molecular weight is 275 g/mol. The van der Waals surface area contributed by atoms with Crippen LogP contribution in [0.5, 0.6) is 11.5 Å². The van der Waals surface area contributed by atoms with Gasteiger partial charge in [-0.25, -0.2) is 0 Å². The predicted octanol–water partition coefficient (Wildman–Crippen LogP) is 4.00. The van der Waals surface area contributed by atoms with Crippen molar-refractivity contribution in [2.75, 3.05) is 0 Å². The molecule has 0 heterocycles. The van der Waals surface area contributed by atoms with E-state index in [1.807, 2.05) is 42.5 Å². The molecule has 0 aliphatic carbocycles. The highest BCUT2D eigenvalue weighted by molar-refractivity contribution is 5.85. The number of nitriles is 1. The molecule has 0 aliphatic rings. The van der Waals surface area contributed by atoms with Crippen LogP contribution in [0.15, 0.2) is 60.7 Å². The van der Waals surface area contributed by atoms with E-state index in [2.05, 4.69) is 6.07 Å². The van der Waals surface area contributed by atoms with Gasteiger partial charge in [0.15, 0.2) is 11.5 Å². The van der Waals surface area contributed by atoms with Crippen molar-refractivity contribution in [3.05, 3.63) is 71.8 Å². The van der Waals surface area contributed by atoms with Crippen molar-refractivity contribution in [2.24, 2.45) is 0 Å². The van der Waals surface area contributed by atoms with Crippen LogP contribution in [-0.2, 0) is 6.61 Å². The number of ether oxygens (including phenoxy) is 1. The Kier molecular flexibility index (Phi) is 3.44. The lowest BCUT2D eigenvalue weighted by Gasteiger charge is -2.10.